The summed E-state index contributed by atoms with van der Waals surface area (Å²) in [6, 6.07) is 6.50. The number of phenols is 1. The summed E-state index contributed by atoms with van der Waals surface area (Å²) in [4.78, 5) is 38.1. The minimum atomic E-state index is -0.716. The van der Waals surface area contributed by atoms with Crippen LogP contribution in [0.15, 0.2) is 24.3 Å². The van der Waals surface area contributed by atoms with Gasteiger partial charge in [-0.15, -0.1) is 0 Å². The van der Waals surface area contributed by atoms with Gasteiger partial charge in [0, 0.05) is 23.1 Å². The summed E-state index contributed by atoms with van der Waals surface area (Å²) in [7, 11) is 0. The first-order valence-electron chi connectivity index (χ1n) is 11.2. The lowest BCUT2D eigenvalue weighted by molar-refractivity contribution is -0.150. The molecule has 1 aliphatic rings. The molecule has 1 N–H and O–H groups in total. The second-order valence-corrected chi connectivity index (χ2v) is 8.77. The van der Waals surface area contributed by atoms with Gasteiger partial charge in [-0.3, -0.25) is 9.59 Å². The summed E-state index contributed by atoms with van der Waals surface area (Å²) in [5.41, 5.74) is 1.81. The first-order valence-corrected chi connectivity index (χ1v) is 11.2. The van der Waals surface area contributed by atoms with E-state index in [1.54, 1.807) is 24.3 Å². The molecule has 1 unspecified atom stereocenters. The monoisotopic (exact) mass is 454 g/mol. The number of phenolic OH excluding ortho intramolecular Hbond substituents is 1. The highest BCUT2D eigenvalue weighted by Crippen LogP contribution is 2.42. The average Bonchev–Trinajstić information content (AvgIpc) is 2.71. The minimum absolute atomic E-state index is 0.0362. The van der Waals surface area contributed by atoms with Gasteiger partial charge in [0.1, 0.15) is 24.0 Å². The summed E-state index contributed by atoms with van der Waals surface area (Å²) in [5, 5.41) is 10.4. The Balaban J connectivity index is 2.17. The summed E-state index contributed by atoms with van der Waals surface area (Å²) in [6.07, 6.45) is 0.678. The van der Waals surface area contributed by atoms with Crippen LogP contribution in [0, 0.1) is 12.8 Å². The SMILES string of the molecule is CCCC(=O)OC(CC(C)C)c1ccc2c(c1C(C)=O)C(=O)OCc1cc(C)cc(O)c1O2. The fourth-order valence-electron chi connectivity index (χ4n) is 4.00. The Hall–Kier alpha value is -3.35. The van der Waals surface area contributed by atoms with Crippen molar-refractivity contribution < 1.29 is 33.7 Å². The summed E-state index contributed by atoms with van der Waals surface area (Å²) < 4.78 is 17.2. The van der Waals surface area contributed by atoms with Crippen molar-refractivity contribution in [3.63, 3.8) is 0 Å². The van der Waals surface area contributed by atoms with Crippen LogP contribution < -0.4 is 4.74 Å². The van der Waals surface area contributed by atoms with Crippen LogP contribution in [0.4, 0.5) is 0 Å². The van der Waals surface area contributed by atoms with Crippen molar-refractivity contribution in [3.05, 3.63) is 52.1 Å². The fourth-order valence-corrected chi connectivity index (χ4v) is 4.00. The van der Waals surface area contributed by atoms with E-state index >= 15 is 0 Å². The number of rotatable bonds is 7. The smallest absolute Gasteiger partial charge is 0.343 e. The van der Waals surface area contributed by atoms with Crippen molar-refractivity contribution in [1.29, 1.82) is 0 Å². The van der Waals surface area contributed by atoms with E-state index in [9.17, 15) is 19.5 Å². The molecule has 3 rings (SSSR count). The van der Waals surface area contributed by atoms with Crippen molar-refractivity contribution >= 4 is 17.7 Å². The van der Waals surface area contributed by atoms with E-state index in [1.807, 2.05) is 27.7 Å². The maximum absolute atomic E-state index is 13.1. The molecule has 0 saturated carbocycles. The number of ether oxygens (including phenoxy) is 3. The molecule has 1 heterocycles. The highest BCUT2D eigenvalue weighted by atomic mass is 16.5. The Morgan fingerprint density at radius 1 is 1.21 bits per heavy atom. The standard InChI is InChI=1S/C26H30O7/c1-6-7-22(29)32-21(10-14(2)3)18-8-9-20-24(23(18)16(5)27)26(30)31-13-17-11-15(4)12-19(28)25(17)33-20/h8-9,11-12,14,21,28H,6-7,10,13H2,1-5H3. The number of aryl methyl sites for hydroxylation is 1. The number of cyclic esters (lactones) is 1. The molecule has 0 radical (unpaired) electrons. The van der Waals surface area contributed by atoms with Crippen molar-refractivity contribution in [2.45, 2.75) is 66.6 Å². The molecule has 2 aromatic carbocycles. The van der Waals surface area contributed by atoms with E-state index in [4.69, 9.17) is 14.2 Å². The number of benzene rings is 2. The van der Waals surface area contributed by atoms with E-state index in [1.165, 1.54) is 6.92 Å². The Kier molecular flexibility index (Phi) is 7.41. The van der Waals surface area contributed by atoms with Gasteiger partial charge >= 0.3 is 11.9 Å². The van der Waals surface area contributed by atoms with Gasteiger partial charge in [0.05, 0.1) is 0 Å². The Labute approximate surface area is 193 Å². The molecule has 0 bridgehead atoms. The lowest BCUT2D eigenvalue weighted by Gasteiger charge is -2.26. The van der Waals surface area contributed by atoms with E-state index in [2.05, 4.69) is 0 Å². The number of esters is 2. The molecular weight excluding hydrogens is 424 g/mol. The van der Waals surface area contributed by atoms with E-state index in [0.717, 1.165) is 5.56 Å². The zero-order chi connectivity index (χ0) is 24.3. The van der Waals surface area contributed by atoms with Crippen LogP contribution in [-0.4, -0.2) is 22.8 Å². The molecule has 0 aromatic heterocycles. The van der Waals surface area contributed by atoms with Crippen LogP contribution in [0.5, 0.6) is 17.2 Å². The molecule has 0 fully saturated rings. The quantitative estimate of drug-likeness (QED) is 0.417. The lowest BCUT2D eigenvalue weighted by Crippen LogP contribution is -2.21. The van der Waals surface area contributed by atoms with Gasteiger partial charge in [-0.25, -0.2) is 4.79 Å². The molecule has 33 heavy (non-hydrogen) atoms. The third-order valence-electron chi connectivity index (χ3n) is 5.38. The molecule has 0 amide bonds. The average molecular weight is 455 g/mol. The van der Waals surface area contributed by atoms with Crippen molar-refractivity contribution in [3.8, 4) is 17.2 Å². The van der Waals surface area contributed by atoms with Gasteiger partial charge in [-0.1, -0.05) is 26.8 Å². The first-order chi connectivity index (χ1) is 15.6. The van der Waals surface area contributed by atoms with Gasteiger partial charge in [0.15, 0.2) is 17.3 Å². The molecule has 2 aromatic rings. The van der Waals surface area contributed by atoms with E-state index < -0.39 is 12.1 Å². The zero-order valence-electron chi connectivity index (χ0n) is 19.7. The number of ketones is 1. The zero-order valence-corrected chi connectivity index (χ0v) is 19.7. The molecule has 1 atom stereocenters. The normalized spacial score (nSPS) is 13.7. The van der Waals surface area contributed by atoms with Crippen LogP contribution >= 0.6 is 0 Å². The van der Waals surface area contributed by atoms with Crippen molar-refractivity contribution in [2.75, 3.05) is 0 Å². The predicted octanol–water partition coefficient (Wildman–Crippen LogP) is 5.80. The molecule has 7 nitrogen and oxygen atoms in total. The maximum Gasteiger partial charge on any atom is 0.343 e. The Bertz CT molecular complexity index is 1080. The van der Waals surface area contributed by atoms with Gasteiger partial charge in [0.25, 0.3) is 0 Å². The number of Topliss-reactive ketones (excluding diaryl/α,β-unsaturated/α-hetero) is 1. The maximum atomic E-state index is 13.1. The summed E-state index contributed by atoms with van der Waals surface area (Å²) >= 11 is 0. The van der Waals surface area contributed by atoms with Gasteiger partial charge in [-0.05, 0) is 56.4 Å². The molecule has 0 spiro atoms. The van der Waals surface area contributed by atoms with Crippen LogP contribution in [0.3, 0.4) is 0 Å². The number of carbonyl (C=O) groups is 3. The predicted molar refractivity (Wildman–Crippen MR) is 122 cm³/mol. The number of carbonyl (C=O) groups excluding carboxylic acids is 3. The third kappa shape index (κ3) is 5.35. The van der Waals surface area contributed by atoms with Crippen LogP contribution in [0.1, 0.15) is 90.5 Å². The first kappa shape index (κ1) is 24.3. The van der Waals surface area contributed by atoms with Crippen LogP contribution in [0.2, 0.25) is 0 Å². The molecule has 0 saturated heterocycles. The lowest BCUT2D eigenvalue weighted by atomic mass is 9.90. The minimum Gasteiger partial charge on any atom is -0.504 e. The highest BCUT2D eigenvalue weighted by Gasteiger charge is 2.32. The number of hydrogen-bond donors (Lipinski definition) is 1. The number of hydrogen-bond acceptors (Lipinski definition) is 7. The molecular formula is C26H30O7. The highest BCUT2D eigenvalue weighted by molar-refractivity contribution is 6.08. The molecule has 176 valence electrons. The largest absolute Gasteiger partial charge is 0.504 e. The second-order valence-electron chi connectivity index (χ2n) is 8.77. The molecule has 0 aliphatic carbocycles. The second kappa shape index (κ2) is 10.1. The number of fused-ring (bicyclic) bond motifs is 2. The van der Waals surface area contributed by atoms with Crippen LogP contribution in [-0.2, 0) is 20.9 Å². The third-order valence-corrected chi connectivity index (χ3v) is 5.38. The van der Waals surface area contributed by atoms with Gasteiger partial charge < -0.3 is 19.3 Å². The number of aromatic hydroxyl groups is 1. The van der Waals surface area contributed by atoms with Crippen molar-refractivity contribution in [2.24, 2.45) is 5.92 Å². The summed E-state index contributed by atoms with van der Waals surface area (Å²) in [6.45, 7) is 8.89. The fraction of sp³-hybridized carbons (Fsp3) is 0.423. The van der Waals surface area contributed by atoms with Crippen LogP contribution in [0.25, 0.3) is 0 Å². The van der Waals surface area contributed by atoms with Gasteiger partial charge in [0.2, 0.25) is 0 Å². The Morgan fingerprint density at radius 3 is 2.58 bits per heavy atom. The topological polar surface area (TPSA) is 99.1 Å². The van der Waals surface area contributed by atoms with Crippen molar-refractivity contribution in [1.82, 2.24) is 0 Å². The molecule has 1 aliphatic heterocycles. The van der Waals surface area contributed by atoms with Gasteiger partial charge in [-0.2, -0.15) is 0 Å². The van der Waals surface area contributed by atoms with E-state index in [-0.39, 0.29) is 59.1 Å². The van der Waals surface area contributed by atoms with E-state index in [0.29, 0.717) is 24.0 Å². The Morgan fingerprint density at radius 2 is 1.94 bits per heavy atom. The summed E-state index contributed by atoms with van der Waals surface area (Å²) in [5.74, 6) is -1.11. The molecule has 7 heteroatoms.